The molecule has 13 heavy (non-hydrogen) atoms. The maximum atomic E-state index is 3.46. The van der Waals surface area contributed by atoms with Crippen LogP contribution in [0.4, 0.5) is 0 Å². The average molecular weight is 235 g/mol. The smallest absolute Gasteiger partial charge is 0.00699 e. The summed E-state index contributed by atoms with van der Waals surface area (Å²) in [6.45, 7) is 1.10. The van der Waals surface area contributed by atoms with E-state index in [-0.39, 0.29) is 0 Å². The van der Waals surface area contributed by atoms with Crippen molar-refractivity contribution in [2.45, 2.75) is 25.3 Å². The number of hydrogen-bond donors (Lipinski definition) is 1. The van der Waals surface area contributed by atoms with E-state index in [1.54, 1.807) is 0 Å². The first-order chi connectivity index (χ1) is 6.38. The van der Waals surface area contributed by atoms with Gasteiger partial charge in [-0.2, -0.15) is 0 Å². The predicted molar refractivity (Wildman–Crippen MR) is 66.9 cm³/mol. The van der Waals surface area contributed by atoms with E-state index in [2.05, 4.69) is 35.1 Å². The molecule has 0 aromatic rings. The Hall–Kier alpha value is 1.09. The van der Waals surface area contributed by atoms with Gasteiger partial charge in [-0.15, -0.1) is 22.8 Å². The van der Waals surface area contributed by atoms with Gasteiger partial charge in [-0.1, -0.05) is 0 Å². The van der Waals surface area contributed by atoms with Gasteiger partial charge in [0.1, 0.15) is 0 Å². The van der Waals surface area contributed by atoms with Crippen LogP contribution in [-0.2, 0) is 0 Å². The van der Waals surface area contributed by atoms with Crippen molar-refractivity contribution in [3.63, 3.8) is 0 Å². The second kappa shape index (κ2) is 5.25. The Morgan fingerprint density at radius 3 is 2.23 bits per heavy atom. The van der Waals surface area contributed by atoms with Gasteiger partial charge in [0, 0.05) is 17.5 Å². The minimum atomic E-state index is 0.811. The molecule has 1 N–H and O–H groups in total. The molecule has 1 saturated carbocycles. The first kappa shape index (κ1) is 10.6. The van der Waals surface area contributed by atoms with E-state index in [4.69, 9.17) is 0 Å². The van der Waals surface area contributed by atoms with Gasteiger partial charge >= 0.3 is 0 Å². The van der Waals surface area contributed by atoms with Crippen molar-refractivity contribution >= 4 is 29.7 Å². The third-order valence-corrected chi connectivity index (χ3v) is 8.41. The Morgan fingerprint density at radius 1 is 1.08 bits per heavy atom. The van der Waals surface area contributed by atoms with Crippen molar-refractivity contribution in [1.82, 2.24) is 5.32 Å². The van der Waals surface area contributed by atoms with E-state index in [1.807, 2.05) is 0 Å². The lowest BCUT2D eigenvalue weighted by atomic mass is 9.80. The van der Waals surface area contributed by atoms with Crippen LogP contribution >= 0.6 is 29.7 Å². The molecular weight excluding hydrogens is 217 g/mol. The molecule has 2 aliphatic rings. The monoisotopic (exact) mass is 235 g/mol. The fourth-order valence-electron chi connectivity index (χ4n) is 2.42. The summed E-state index contributed by atoms with van der Waals surface area (Å²) >= 11 is 4.35. The van der Waals surface area contributed by atoms with Crippen LogP contribution in [0.3, 0.4) is 0 Å². The molecule has 2 unspecified atom stereocenters. The maximum Gasteiger partial charge on any atom is 0.00699 e. The molecule has 4 heteroatoms. The van der Waals surface area contributed by atoms with E-state index < -0.39 is 0 Å². The van der Waals surface area contributed by atoms with Gasteiger partial charge in [0.05, 0.1) is 0 Å². The molecule has 0 aromatic carbocycles. The van der Waals surface area contributed by atoms with Crippen LogP contribution < -0.4 is 5.32 Å². The van der Waals surface area contributed by atoms with Crippen molar-refractivity contribution in [2.24, 2.45) is 11.8 Å². The SMILES string of the molecule is CN[C@H]1CC2CSPSC[C@H](C2)C1. The van der Waals surface area contributed by atoms with Gasteiger partial charge in [-0.3, -0.25) is 0 Å². The number of hydrogen-bond acceptors (Lipinski definition) is 3. The Balaban J connectivity index is 1.93. The maximum absolute atomic E-state index is 3.46. The van der Waals surface area contributed by atoms with Crippen LogP contribution in [0.5, 0.6) is 0 Å². The second-order valence-corrected chi connectivity index (χ2v) is 9.27. The zero-order valence-corrected chi connectivity index (χ0v) is 10.7. The Morgan fingerprint density at radius 2 is 1.69 bits per heavy atom. The lowest BCUT2D eigenvalue weighted by Crippen LogP contribution is -2.37. The van der Waals surface area contributed by atoms with Crippen molar-refractivity contribution in [3.8, 4) is 0 Å². The lowest BCUT2D eigenvalue weighted by Gasteiger charge is -2.36. The Kier molecular flexibility index (Phi) is 4.28. The molecule has 0 amide bonds. The molecule has 2 rings (SSSR count). The molecule has 0 radical (unpaired) electrons. The van der Waals surface area contributed by atoms with Crippen LogP contribution in [0.25, 0.3) is 0 Å². The minimum Gasteiger partial charge on any atom is -0.317 e. The van der Waals surface area contributed by atoms with Gasteiger partial charge < -0.3 is 5.32 Å². The number of nitrogens with one attached hydrogen (secondary N) is 1. The van der Waals surface area contributed by atoms with Crippen LogP contribution in [0, 0.1) is 11.8 Å². The topological polar surface area (TPSA) is 12.0 Å². The van der Waals surface area contributed by atoms with Crippen molar-refractivity contribution in [1.29, 1.82) is 0 Å². The molecule has 1 saturated heterocycles. The van der Waals surface area contributed by atoms with Gasteiger partial charge in [-0.25, -0.2) is 0 Å². The first-order valence-corrected chi connectivity index (χ1v) is 9.46. The second-order valence-electron chi connectivity index (χ2n) is 4.13. The lowest BCUT2D eigenvalue weighted by molar-refractivity contribution is 0.254. The van der Waals surface area contributed by atoms with Gasteiger partial charge in [0.15, 0.2) is 0 Å². The van der Waals surface area contributed by atoms with Crippen LogP contribution in [0.15, 0.2) is 0 Å². The molecule has 1 aliphatic carbocycles. The van der Waals surface area contributed by atoms with Crippen LogP contribution in [0.2, 0.25) is 0 Å². The van der Waals surface area contributed by atoms with Gasteiger partial charge in [0.25, 0.3) is 0 Å². The molecule has 2 bridgehead atoms. The third-order valence-electron chi connectivity index (χ3n) is 3.07. The standard InChI is InChI=1S/C9H18NPS2/c1-10-9-3-7-2-8(4-9)6-13-11-12-5-7/h7-11H,2-6H2,1H3/t7-,8?,9-/m1/s1. The third kappa shape index (κ3) is 3.02. The number of fused-ring (bicyclic) bond motifs is 2. The fraction of sp³-hybridized carbons (Fsp3) is 1.00. The Bertz CT molecular complexity index is 150. The minimum absolute atomic E-state index is 0.811. The van der Waals surface area contributed by atoms with Gasteiger partial charge in [-0.05, 0) is 45.1 Å². The summed E-state index contributed by atoms with van der Waals surface area (Å²) in [6, 6.07) is 0.811. The largest absolute Gasteiger partial charge is 0.317 e. The van der Waals surface area contributed by atoms with E-state index in [0.29, 0.717) is 0 Å². The molecule has 1 heterocycles. The fourth-order valence-corrected chi connectivity index (χ4v) is 7.70. The highest BCUT2D eigenvalue weighted by molar-refractivity contribution is 8.82. The molecule has 2 fully saturated rings. The van der Waals surface area contributed by atoms with E-state index in [1.165, 1.54) is 30.8 Å². The highest BCUT2D eigenvalue weighted by atomic mass is 33.1. The van der Waals surface area contributed by atoms with Crippen LogP contribution in [-0.4, -0.2) is 24.6 Å². The molecular formula is C9H18NPS2. The molecule has 76 valence electrons. The van der Waals surface area contributed by atoms with Gasteiger partial charge in [0.2, 0.25) is 0 Å². The van der Waals surface area contributed by atoms with Crippen molar-refractivity contribution in [2.75, 3.05) is 18.6 Å². The summed E-state index contributed by atoms with van der Waals surface area (Å²) in [4.78, 5) is 0. The molecule has 1 aliphatic heterocycles. The summed E-state index contributed by atoms with van der Waals surface area (Å²) in [5, 5.41) is 3.46. The van der Waals surface area contributed by atoms with E-state index in [9.17, 15) is 0 Å². The van der Waals surface area contributed by atoms with E-state index in [0.717, 1.165) is 24.9 Å². The van der Waals surface area contributed by atoms with Crippen molar-refractivity contribution in [3.05, 3.63) is 0 Å². The zero-order chi connectivity index (χ0) is 9.10. The normalized spacial score (nSPS) is 42.7. The molecule has 0 spiro atoms. The molecule has 0 aromatic heterocycles. The van der Waals surface area contributed by atoms with Crippen molar-refractivity contribution < 1.29 is 0 Å². The Labute approximate surface area is 90.9 Å². The first-order valence-electron chi connectivity index (χ1n) is 5.04. The van der Waals surface area contributed by atoms with E-state index >= 15 is 0 Å². The predicted octanol–water partition coefficient (Wildman–Crippen LogP) is 2.98. The molecule has 4 atom stereocenters. The summed E-state index contributed by atoms with van der Waals surface area (Å²) < 4.78 is 0. The van der Waals surface area contributed by atoms with Crippen LogP contribution in [0.1, 0.15) is 19.3 Å². The average Bonchev–Trinajstić information content (AvgIpc) is 2.15. The summed E-state index contributed by atoms with van der Waals surface area (Å²) in [7, 11) is 2.12. The summed E-state index contributed by atoms with van der Waals surface area (Å²) in [6.07, 6.45) is 4.35. The summed E-state index contributed by atoms with van der Waals surface area (Å²) in [5.41, 5.74) is 0. The summed E-state index contributed by atoms with van der Waals surface area (Å²) in [5.74, 6) is 4.85. The highest BCUT2D eigenvalue weighted by Crippen LogP contribution is 2.49. The molecule has 1 nitrogen and oxygen atoms in total. The highest BCUT2D eigenvalue weighted by Gasteiger charge is 2.29. The quantitative estimate of drug-likeness (QED) is 0.702. The number of rotatable bonds is 1. The zero-order valence-electron chi connectivity index (χ0n) is 8.08.